The Kier molecular flexibility index (Phi) is 39.7. The summed E-state index contributed by atoms with van der Waals surface area (Å²) in [5.74, 6) is -18.1. The minimum Gasteiger partial charge on any atom is -0.481 e. The number of primary amides is 1. The molecule has 0 spiro atoms. The van der Waals surface area contributed by atoms with E-state index in [1.165, 1.54) is 6.92 Å². The van der Waals surface area contributed by atoms with E-state index in [1.54, 1.807) is 60.7 Å². The van der Waals surface area contributed by atoms with Gasteiger partial charge in [-0.05, 0) is 109 Å². The fourth-order valence-electron chi connectivity index (χ4n) is 10.0. The third kappa shape index (κ3) is 33.8. The van der Waals surface area contributed by atoms with Crippen LogP contribution in [0, 0.1) is 0 Å². The van der Waals surface area contributed by atoms with Gasteiger partial charge in [0.15, 0.2) is 5.96 Å². The standard InChI is InChI=1S/C64H98N18O19S2/c1-34-52(89)73-42(21-24-48(68)84)58(95)79-45(30-36-14-5-3-6-15-36)60(97)76-41(20-13-29-71-64(69)70)56(93)74-39(18-9-11-27-65)54(91)77-43(22-25-49(85)86)57(94)75-40(19-10-12-28-66)55(92)78-44(23-26-50(87)88)59(96)82-51(35(2)83)62(99)80-46(31-37-16-7-4-8-17-37)61(98)81-47(63(100)101)33-103-102-32-38(67)53(90)72-34/h3-8,14-17,34-35,38-47,51,83H,9-13,18-33,65-67H2,1-2H3,(H2,68,84)(H,72,90)(H,73,89)(H,74,93)(H,75,94)(H,76,97)(H,77,91)(H,78,92)(H,79,95)(H,80,99)(H,81,98)(H,82,96)(H,85,86)(H,87,88)(H,100,101)(H4,69,70,71)/t34-,35-,38-,39-,40-,41+,42+,43+,44+,45-,46+,47+,51-/m1/s1. The molecule has 1 aliphatic rings. The van der Waals surface area contributed by atoms with Gasteiger partial charge in [-0.3, -0.25) is 72.1 Å². The predicted octanol–water partition coefficient (Wildman–Crippen LogP) is -5.68. The molecule has 2 aromatic rings. The molecular formula is C64H98N18O19S2. The minimum atomic E-state index is -1.97. The number of benzene rings is 2. The Balaban J connectivity index is 2.27. The molecule has 0 unspecified atom stereocenters. The van der Waals surface area contributed by atoms with Crippen LogP contribution < -0.4 is 92.9 Å². The molecule has 103 heavy (non-hydrogen) atoms. The number of hydrogen-bond donors (Lipinski definition) is 21. The summed E-state index contributed by atoms with van der Waals surface area (Å²) in [7, 11) is 1.76. The Morgan fingerprint density at radius 3 is 1.21 bits per heavy atom. The van der Waals surface area contributed by atoms with E-state index in [9.17, 15) is 92.3 Å². The molecule has 0 aliphatic carbocycles. The van der Waals surface area contributed by atoms with Crippen molar-refractivity contribution < 1.29 is 92.3 Å². The minimum absolute atomic E-state index is 0.000687. The zero-order chi connectivity index (χ0) is 76.7. The first-order chi connectivity index (χ1) is 48.8. The molecule has 1 aliphatic heterocycles. The summed E-state index contributed by atoms with van der Waals surface area (Å²) in [6.45, 7) is 2.42. The van der Waals surface area contributed by atoms with Gasteiger partial charge in [-0.15, -0.1) is 0 Å². The van der Waals surface area contributed by atoms with E-state index in [0.717, 1.165) is 28.5 Å². The Morgan fingerprint density at radius 1 is 0.456 bits per heavy atom. The SMILES string of the molecule is C[C@H]1NC(=O)[C@H](N)CSSC[C@@H](C(=O)O)NC(=O)[C@H](Cc2ccccc2)NC(=O)[C@@H]([C@@H](C)O)NC(=O)[C@H](CCC(=O)O)NC(=O)[C@@H](CCCCN)NC(=O)[C@H](CCC(=O)O)NC(=O)[C@@H](CCCCN)NC(=O)[C@H](CCCN=C(N)N)NC(=O)[C@@H](Cc2ccccc2)NC(=O)[C@H](CCC(N)=O)NC1=O. The van der Waals surface area contributed by atoms with Crippen LogP contribution in [-0.2, 0) is 84.8 Å². The largest absolute Gasteiger partial charge is 0.481 e. The second-order valence-corrected chi connectivity index (χ2v) is 26.8. The lowest BCUT2D eigenvalue weighted by atomic mass is 10.0. The molecule has 39 heteroatoms. The van der Waals surface area contributed by atoms with Crippen molar-refractivity contribution >= 4 is 116 Å². The van der Waals surface area contributed by atoms with Crippen LogP contribution in [0.1, 0.15) is 115 Å². The molecular weight excluding hydrogens is 1390 g/mol. The van der Waals surface area contributed by atoms with E-state index >= 15 is 0 Å². The third-order valence-corrected chi connectivity index (χ3v) is 18.2. The molecule has 570 valence electrons. The summed E-state index contributed by atoms with van der Waals surface area (Å²) < 4.78 is 0. The van der Waals surface area contributed by atoms with Crippen molar-refractivity contribution in [2.75, 3.05) is 31.1 Å². The number of aliphatic imine (C=N–C) groups is 1. The number of carboxylic acid groups (broad SMARTS) is 3. The first-order valence-corrected chi connectivity index (χ1v) is 35.8. The normalized spacial score (nSPS) is 24.5. The second-order valence-electron chi connectivity index (χ2n) is 24.3. The topological polar surface area (TPSA) is 638 Å². The van der Waals surface area contributed by atoms with Crippen molar-refractivity contribution in [3.05, 3.63) is 71.8 Å². The molecule has 0 aromatic heterocycles. The summed E-state index contributed by atoms with van der Waals surface area (Å²) in [4.78, 5) is 210. The highest BCUT2D eigenvalue weighted by Crippen LogP contribution is 2.23. The zero-order valence-electron chi connectivity index (χ0n) is 57.3. The molecule has 0 bridgehead atoms. The number of carboxylic acids is 3. The zero-order valence-corrected chi connectivity index (χ0v) is 58.9. The fourth-order valence-corrected chi connectivity index (χ4v) is 12.3. The highest BCUT2D eigenvalue weighted by Gasteiger charge is 2.38. The van der Waals surface area contributed by atoms with Crippen LogP contribution in [0.4, 0.5) is 0 Å². The average Bonchev–Trinajstić information content (AvgIpc) is 0.859. The van der Waals surface area contributed by atoms with E-state index in [0.29, 0.717) is 11.1 Å². The van der Waals surface area contributed by atoms with Gasteiger partial charge in [-0.2, -0.15) is 0 Å². The molecule has 0 saturated carbocycles. The molecule has 0 radical (unpaired) electrons. The monoisotopic (exact) mass is 1490 g/mol. The third-order valence-electron chi connectivity index (χ3n) is 15.8. The highest BCUT2D eigenvalue weighted by molar-refractivity contribution is 8.76. The summed E-state index contributed by atoms with van der Waals surface area (Å²) in [6, 6.07) is -3.57. The lowest BCUT2D eigenvalue weighted by molar-refractivity contribution is -0.142. The average molecular weight is 1490 g/mol. The fraction of sp³-hybridized carbons (Fsp3) is 0.562. The summed E-state index contributed by atoms with van der Waals surface area (Å²) in [5.41, 5.74) is 35.3. The van der Waals surface area contributed by atoms with Gasteiger partial charge in [0.1, 0.15) is 66.5 Å². The van der Waals surface area contributed by atoms with Crippen LogP contribution in [0.2, 0.25) is 0 Å². The van der Waals surface area contributed by atoms with Gasteiger partial charge >= 0.3 is 17.9 Å². The van der Waals surface area contributed by atoms with E-state index in [-0.39, 0.29) is 101 Å². The molecule has 2 aromatic carbocycles. The maximum Gasteiger partial charge on any atom is 0.327 e. The van der Waals surface area contributed by atoms with Gasteiger partial charge in [0.05, 0.1) is 12.1 Å². The number of nitrogens with zero attached hydrogens (tertiary/aromatic N) is 1. The van der Waals surface area contributed by atoms with Gasteiger partial charge in [0.25, 0.3) is 0 Å². The van der Waals surface area contributed by atoms with E-state index in [1.807, 2.05) is 0 Å². The Labute approximate surface area is 602 Å². The molecule has 13 atom stereocenters. The number of guanidine groups is 1. The smallest absolute Gasteiger partial charge is 0.327 e. The van der Waals surface area contributed by atoms with Crippen LogP contribution >= 0.6 is 21.6 Å². The Hall–Kier alpha value is -9.70. The number of aliphatic carboxylic acids is 3. The first kappa shape index (κ1) is 87.5. The number of carbonyl (C=O) groups excluding carboxylic acids is 12. The van der Waals surface area contributed by atoms with Gasteiger partial charge in [-0.25, -0.2) is 4.79 Å². The molecule has 12 amide bonds. The number of rotatable bonds is 27. The van der Waals surface area contributed by atoms with E-state index in [4.69, 9.17) is 34.4 Å². The Morgan fingerprint density at radius 2 is 0.816 bits per heavy atom. The second kappa shape index (κ2) is 46.7. The molecule has 3 rings (SSSR count). The number of hydrogen-bond acceptors (Lipinski definition) is 22. The van der Waals surface area contributed by atoms with Crippen molar-refractivity contribution in [2.45, 2.75) is 195 Å². The van der Waals surface area contributed by atoms with Crippen molar-refractivity contribution in [2.24, 2.45) is 39.4 Å². The number of carbonyl (C=O) groups is 15. The van der Waals surface area contributed by atoms with Gasteiger partial charge < -0.3 is 113 Å². The van der Waals surface area contributed by atoms with Crippen LogP contribution in [0.15, 0.2) is 65.7 Å². The van der Waals surface area contributed by atoms with Crippen LogP contribution in [0.5, 0.6) is 0 Å². The highest BCUT2D eigenvalue weighted by atomic mass is 33.1. The molecule has 1 heterocycles. The van der Waals surface area contributed by atoms with Crippen LogP contribution in [0.3, 0.4) is 0 Å². The van der Waals surface area contributed by atoms with E-state index < -0.39 is 206 Å². The first-order valence-electron chi connectivity index (χ1n) is 33.3. The number of aliphatic hydroxyl groups is 1. The number of unbranched alkanes of at least 4 members (excludes halogenated alkanes) is 2. The van der Waals surface area contributed by atoms with Crippen molar-refractivity contribution in [1.82, 2.24) is 58.5 Å². The van der Waals surface area contributed by atoms with Gasteiger partial charge in [-0.1, -0.05) is 82.3 Å². The van der Waals surface area contributed by atoms with Crippen LogP contribution in [-0.4, -0.2) is 225 Å². The van der Waals surface area contributed by atoms with Crippen LogP contribution in [0.25, 0.3) is 0 Å². The molecule has 1 fully saturated rings. The number of aliphatic hydroxyl groups excluding tert-OH is 1. The summed E-state index contributed by atoms with van der Waals surface area (Å²) >= 11 is 0. The number of nitrogens with one attached hydrogen (secondary N) is 11. The molecule has 27 N–H and O–H groups in total. The summed E-state index contributed by atoms with van der Waals surface area (Å²) in [5, 5.41) is 67.9. The quantitative estimate of drug-likeness (QED) is 0.0172. The van der Waals surface area contributed by atoms with Gasteiger partial charge in [0, 0.05) is 50.2 Å². The maximum atomic E-state index is 14.7. The Bertz CT molecular complexity index is 3230. The van der Waals surface area contributed by atoms with Crippen molar-refractivity contribution in [3.63, 3.8) is 0 Å². The predicted molar refractivity (Wildman–Crippen MR) is 377 cm³/mol. The lowest BCUT2D eigenvalue weighted by Gasteiger charge is -2.29. The lowest BCUT2D eigenvalue weighted by Crippen LogP contribution is -2.62. The maximum absolute atomic E-state index is 14.7. The number of amides is 12. The molecule has 1 saturated heterocycles. The van der Waals surface area contributed by atoms with Crippen molar-refractivity contribution in [3.8, 4) is 0 Å². The van der Waals surface area contributed by atoms with E-state index in [2.05, 4.69) is 63.5 Å². The van der Waals surface area contributed by atoms with Crippen molar-refractivity contribution in [1.29, 1.82) is 0 Å². The molecule has 37 nitrogen and oxygen atoms in total. The summed E-state index contributed by atoms with van der Waals surface area (Å²) in [6.07, 6.45) is -6.00. The number of nitrogens with two attached hydrogens (primary N) is 6. The van der Waals surface area contributed by atoms with Gasteiger partial charge in [0.2, 0.25) is 70.9 Å².